The lowest BCUT2D eigenvalue weighted by Crippen LogP contribution is -2.23. The van der Waals surface area contributed by atoms with Crippen molar-refractivity contribution in [2.75, 3.05) is 31.0 Å². The van der Waals surface area contributed by atoms with E-state index < -0.39 is 5.82 Å². The summed E-state index contributed by atoms with van der Waals surface area (Å²) in [5.74, 6) is 0.215. The van der Waals surface area contributed by atoms with Crippen LogP contribution in [0.1, 0.15) is 5.56 Å². The summed E-state index contributed by atoms with van der Waals surface area (Å²) in [5.41, 5.74) is 1.46. The number of rotatable bonds is 9. The van der Waals surface area contributed by atoms with Crippen LogP contribution in [0.3, 0.4) is 0 Å². The number of ether oxygens (including phenoxy) is 1. The van der Waals surface area contributed by atoms with Crippen LogP contribution in [0.25, 0.3) is 0 Å². The maximum atomic E-state index is 14.2. The number of carbonyl (C=O) groups excluding carboxylic acids is 1. The first-order valence-electron chi connectivity index (χ1n) is 8.99. The highest BCUT2D eigenvalue weighted by atomic mass is 32.2. The fraction of sp³-hybridized carbons (Fsp3) is 0.263. The molecule has 0 saturated heterocycles. The van der Waals surface area contributed by atoms with Crippen molar-refractivity contribution in [2.24, 2.45) is 0 Å². The average Bonchev–Trinajstić information content (AvgIpc) is 3.20. The van der Waals surface area contributed by atoms with Gasteiger partial charge >= 0.3 is 0 Å². The van der Waals surface area contributed by atoms with Crippen LogP contribution in [0.4, 0.5) is 21.8 Å². The Labute approximate surface area is 177 Å². The number of carbonyl (C=O) groups is 1. The lowest BCUT2D eigenvalue weighted by molar-refractivity contribution is -0.121. The maximum Gasteiger partial charge on any atom is 0.241 e. The van der Waals surface area contributed by atoms with E-state index in [1.54, 1.807) is 32.1 Å². The summed E-state index contributed by atoms with van der Waals surface area (Å²) in [7, 11) is 3.15. The lowest BCUT2D eigenvalue weighted by atomic mass is 10.2. The molecule has 3 rings (SSSR count). The van der Waals surface area contributed by atoms with Gasteiger partial charge in [0, 0.05) is 30.2 Å². The average molecular weight is 431 g/mol. The molecule has 0 spiro atoms. The molecule has 2 aromatic heterocycles. The fourth-order valence-electron chi connectivity index (χ4n) is 2.62. The van der Waals surface area contributed by atoms with Gasteiger partial charge in [-0.25, -0.2) is 9.37 Å². The summed E-state index contributed by atoms with van der Waals surface area (Å²) in [6.07, 6.45) is 6.23. The molecule has 0 bridgehead atoms. The van der Waals surface area contributed by atoms with E-state index in [0.29, 0.717) is 18.0 Å². The molecule has 0 aliphatic rings. The Morgan fingerprint density at radius 2 is 2.17 bits per heavy atom. The van der Waals surface area contributed by atoms with Gasteiger partial charge in [-0.2, -0.15) is 10.1 Å². The second-order valence-electron chi connectivity index (χ2n) is 6.15. The summed E-state index contributed by atoms with van der Waals surface area (Å²) in [5, 5.41) is 12.5. The molecular weight excluding hydrogens is 409 g/mol. The Kier molecular flexibility index (Phi) is 7.07. The van der Waals surface area contributed by atoms with E-state index in [4.69, 9.17) is 4.74 Å². The number of hydrogen-bond donors (Lipinski definition) is 3. The first-order chi connectivity index (χ1) is 14.5. The predicted molar refractivity (Wildman–Crippen MR) is 114 cm³/mol. The van der Waals surface area contributed by atoms with Crippen LogP contribution >= 0.6 is 11.8 Å². The highest BCUT2D eigenvalue weighted by Gasteiger charge is 2.11. The zero-order valence-corrected chi connectivity index (χ0v) is 17.6. The minimum atomic E-state index is -0.573. The first-order valence-corrected chi connectivity index (χ1v) is 10.2. The molecule has 158 valence electrons. The Morgan fingerprint density at radius 3 is 2.90 bits per heavy atom. The third kappa shape index (κ3) is 5.38. The number of hydrogen-bond acceptors (Lipinski definition) is 8. The Balaban J connectivity index is 1.71. The number of nitrogens with zero attached hydrogens (tertiary/aromatic N) is 4. The number of anilines is 3. The summed E-state index contributed by atoms with van der Waals surface area (Å²) in [6, 6.07) is 5.82. The van der Waals surface area contributed by atoms with E-state index in [-0.39, 0.29) is 24.2 Å². The van der Waals surface area contributed by atoms with Crippen LogP contribution in [-0.4, -0.2) is 46.1 Å². The van der Waals surface area contributed by atoms with Crippen LogP contribution in [0.5, 0.6) is 5.75 Å². The molecule has 1 amide bonds. The summed E-state index contributed by atoms with van der Waals surface area (Å²) < 4.78 is 21.1. The number of amides is 1. The van der Waals surface area contributed by atoms with Crippen molar-refractivity contribution in [1.82, 2.24) is 25.1 Å². The monoisotopic (exact) mass is 431 g/mol. The van der Waals surface area contributed by atoms with Crippen molar-refractivity contribution in [3.8, 4) is 5.75 Å². The number of halogens is 1. The molecule has 0 unspecified atom stereocenters. The maximum absolute atomic E-state index is 14.2. The van der Waals surface area contributed by atoms with E-state index in [0.717, 1.165) is 16.7 Å². The van der Waals surface area contributed by atoms with Gasteiger partial charge in [0.15, 0.2) is 11.6 Å². The van der Waals surface area contributed by atoms with E-state index in [2.05, 4.69) is 31.0 Å². The molecule has 30 heavy (non-hydrogen) atoms. The Morgan fingerprint density at radius 1 is 1.33 bits per heavy atom. The molecule has 0 saturated carbocycles. The van der Waals surface area contributed by atoms with Gasteiger partial charge in [-0.1, -0.05) is 0 Å². The fourth-order valence-corrected chi connectivity index (χ4v) is 3.08. The summed E-state index contributed by atoms with van der Waals surface area (Å²) >= 11 is 1.61. The van der Waals surface area contributed by atoms with Crippen LogP contribution in [0, 0.1) is 5.82 Å². The number of likely N-dealkylation sites (N-methyl/N-ethyl adjacent to an activating group) is 1. The second-order valence-corrected chi connectivity index (χ2v) is 7.03. The third-order valence-corrected chi connectivity index (χ3v) is 4.88. The third-order valence-electron chi connectivity index (χ3n) is 4.15. The first kappa shape index (κ1) is 21.4. The van der Waals surface area contributed by atoms with Crippen molar-refractivity contribution in [2.45, 2.75) is 18.0 Å². The number of nitrogens with one attached hydrogen (secondary N) is 3. The van der Waals surface area contributed by atoms with Crippen molar-refractivity contribution < 1.29 is 13.9 Å². The van der Waals surface area contributed by atoms with Gasteiger partial charge in [0.25, 0.3) is 0 Å². The molecular formula is C19H22FN7O2S. The number of methoxy groups -OCH3 is 1. The van der Waals surface area contributed by atoms with Crippen molar-refractivity contribution in [1.29, 1.82) is 0 Å². The van der Waals surface area contributed by atoms with E-state index in [1.807, 2.05) is 24.5 Å². The zero-order valence-electron chi connectivity index (χ0n) is 16.8. The predicted octanol–water partition coefficient (Wildman–Crippen LogP) is 2.64. The highest BCUT2D eigenvalue weighted by molar-refractivity contribution is 7.98. The number of thioether (sulfide) groups is 1. The van der Waals surface area contributed by atoms with Crippen LogP contribution in [0.2, 0.25) is 0 Å². The molecule has 0 fully saturated rings. The molecule has 2 heterocycles. The molecule has 11 heteroatoms. The Bertz CT molecular complexity index is 1030. The van der Waals surface area contributed by atoms with Crippen molar-refractivity contribution in [3.05, 3.63) is 48.2 Å². The molecule has 1 aromatic carbocycles. The molecule has 0 aliphatic carbocycles. The molecule has 0 aliphatic heterocycles. The normalized spacial score (nSPS) is 10.5. The van der Waals surface area contributed by atoms with Gasteiger partial charge in [0.1, 0.15) is 12.3 Å². The highest BCUT2D eigenvalue weighted by Crippen LogP contribution is 2.26. The molecule has 0 radical (unpaired) electrons. The molecule has 9 nitrogen and oxygen atoms in total. The summed E-state index contributed by atoms with van der Waals surface area (Å²) in [6.45, 7) is 0.418. The van der Waals surface area contributed by atoms with Gasteiger partial charge in [-0.15, -0.1) is 11.8 Å². The van der Waals surface area contributed by atoms with Crippen LogP contribution in [0.15, 0.2) is 41.7 Å². The largest absolute Gasteiger partial charge is 0.496 e. The van der Waals surface area contributed by atoms with Gasteiger partial charge in [0.05, 0.1) is 25.2 Å². The molecule has 3 aromatic rings. The molecule has 0 atom stereocenters. The van der Waals surface area contributed by atoms with Crippen molar-refractivity contribution >= 4 is 35.1 Å². The number of benzene rings is 1. The van der Waals surface area contributed by atoms with E-state index in [1.165, 1.54) is 10.9 Å². The topological polar surface area (TPSA) is 106 Å². The van der Waals surface area contributed by atoms with Gasteiger partial charge in [-0.05, 0) is 24.5 Å². The van der Waals surface area contributed by atoms with Gasteiger partial charge in [-0.3, -0.25) is 9.48 Å². The second kappa shape index (κ2) is 9.92. The molecule has 3 N–H and O–H groups in total. The van der Waals surface area contributed by atoms with Gasteiger partial charge in [0.2, 0.25) is 11.9 Å². The minimum Gasteiger partial charge on any atom is -0.496 e. The summed E-state index contributed by atoms with van der Waals surface area (Å²) in [4.78, 5) is 20.7. The standard InChI is InChI=1S/C19H22FN7O2S/c1-21-17(28)11-27-10-13(8-24-27)25-19-23-9-15(20)18(26-19)22-7-12-6-14(30-3)4-5-16(12)29-2/h4-6,8-10H,7,11H2,1-3H3,(H,21,28)(H2,22,23,25,26). The zero-order chi connectivity index (χ0) is 21.5. The van der Waals surface area contributed by atoms with Gasteiger partial charge < -0.3 is 20.7 Å². The Hall–Kier alpha value is -3.34. The van der Waals surface area contributed by atoms with E-state index in [9.17, 15) is 9.18 Å². The van der Waals surface area contributed by atoms with Crippen molar-refractivity contribution in [3.63, 3.8) is 0 Å². The SMILES string of the molecule is CNC(=O)Cn1cc(Nc2ncc(F)c(NCc3cc(SC)ccc3OC)n2)cn1. The van der Waals surface area contributed by atoms with Crippen LogP contribution < -0.4 is 20.7 Å². The minimum absolute atomic E-state index is 0.0573. The quantitative estimate of drug-likeness (QED) is 0.444. The van der Waals surface area contributed by atoms with Crippen LogP contribution in [-0.2, 0) is 17.9 Å². The lowest BCUT2D eigenvalue weighted by Gasteiger charge is -2.12. The van der Waals surface area contributed by atoms with E-state index >= 15 is 0 Å². The number of aromatic nitrogens is 4. The smallest absolute Gasteiger partial charge is 0.241 e.